The molecule has 0 bridgehead atoms. The normalized spacial score (nSPS) is 16.2. The van der Waals surface area contributed by atoms with Crippen molar-refractivity contribution in [2.45, 2.75) is 19.3 Å². The molecule has 206 valence electrons. The Morgan fingerprint density at radius 1 is 0.975 bits per heavy atom. The Morgan fingerprint density at radius 2 is 1.73 bits per heavy atom. The molecule has 0 radical (unpaired) electrons. The quantitative estimate of drug-likeness (QED) is 0.397. The van der Waals surface area contributed by atoms with Crippen molar-refractivity contribution in [1.29, 1.82) is 0 Å². The van der Waals surface area contributed by atoms with Crippen molar-refractivity contribution in [3.05, 3.63) is 94.0 Å². The van der Waals surface area contributed by atoms with Crippen molar-refractivity contribution in [2.75, 3.05) is 38.0 Å². The van der Waals surface area contributed by atoms with Gasteiger partial charge in [0.15, 0.2) is 11.5 Å². The number of aromatic nitrogens is 4. The number of halogens is 3. The van der Waals surface area contributed by atoms with Crippen molar-refractivity contribution in [2.24, 2.45) is 0 Å². The van der Waals surface area contributed by atoms with Gasteiger partial charge in [0, 0.05) is 44.8 Å². The van der Waals surface area contributed by atoms with E-state index in [-0.39, 0.29) is 30.2 Å². The number of hydrogen-bond donors (Lipinski definition) is 1. The molecule has 2 aromatic heterocycles. The Kier molecular flexibility index (Phi) is 6.72. The molecular formula is C28H26F3N7O2. The van der Waals surface area contributed by atoms with Crippen molar-refractivity contribution >= 4 is 28.5 Å². The zero-order valence-corrected chi connectivity index (χ0v) is 21.4. The van der Waals surface area contributed by atoms with Gasteiger partial charge in [0.05, 0.1) is 17.8 Å². The Hall–Kier alpha value is -4.29. The Bertz CT molecular complexity index is 1650. The average molecular weight is 550 g/mol. The number of carbonyl (C=O) groups is 1. The first-order valence-corrected chi connectivity index (χ1v) is 12.9. The third-order valence-electron chi connectivity index (χ3n) is 7.20. The summed E-state index contributed by atoms with van der Waals surface area (Å²) in [5, 5.41) is 7.34. The fraction of sp³-hybridized carbons (Fsp3) is 0.286. The van der Waals surface area contributed by atoms with Gasteiger partial charge in [-0.3, -0.25) is 19.4 Å². The van der Waals surface area contributed by atoms with Crippen LogP contribution in [0.1, 0.15) is 16.7 Å². The predicted molar refractivity (Wildman–Crippen MR) is 143 cm³/mol. The highest BCUT2D eigenvalue weighted by Gasteiger charge is 2.31. The van der Waals surface area contributed by atoms with Crippen LogP contribution in [0.15, 0.2) is 71.8 Å². The Morgan fingerprint density at radius 3 is 2.48 bits per heavy atom. The third-order valence-corrected chi connectivity index (χ3v) is 7.20. The number of nitrogens with zero attached hydrogens (tertiary/aromatic N) is 6. The zero-order chi connectivity index (χ0) is 27.9. The molecule has 9 nitrogen and oxygen atoms in total. The van der Waals surface area contributed by atoms with Gasteiger partial charge in [0.1, 0.15) is 11.7 Å². The van der Waals surface area contributed by atoms with Crippen LogP contribution in [0.4, 0.5) is 19.0 Å². The molecule has 2 aliphatic heterocycles. The summed E-state index contributed by atoms with van der Waals surface area (Å²) in [4.78, 5) is 34.1. The fourth-order valence-corrected chi connectivity index (χ4v) is 5.19. The number of amides is 1. The average Bonchev–Trinajstić information content (AvgIpc) is 3.32. The molecule has 0 saturated carbocycles. The first-order valence-electron chi connectivity index (χ1n) is 12.9. The highest BCUT2D eigenvalue weighted by molar-refractivity contribution is 6.00. The summed E-state index contributed by atoms with van der Waals surface area (Å²) in [6.07, 6.45) is -1.43. The number of rotatable bonds is 6. The largest absolute Gasteiger partial charge is 0.416 e. The lowest BCUT2D eigenvalue weighted by Crippen LogP contribution is -2.48. The second-order valence-electron chi connectivity index (χ2n) is 9.92. The van der Waals surface area contributed by atoms with E-state index in [1.165, 1.54) is 22.6 Å². The fourth-order valence-electron chi connectivity index (χ4n) is 5.19. The maximum atomic E-state index is 13.4. The number of hydrogen-bond acceptors (Lipinski definition) is 6. The lowest BCUT2D eigenvalue weighted by molar-refractivity contribution is -0.137. The number of anilines is 1. The molecule has 0 unspecified atom stereocenters. The minimum atomic E-state index is -4.50. The Labute approximate surface area is 227 Å². The van der Waals surface area contributed by atoms with E-state index in [0.717, 1.165) is 31.8 Å². The number of allylic oxidation sites excluding steroid dienone is 1. The van der Waals surface area contributed by atoms with Crippen LogP contribution in [-0.2, 0) is 24.1 Å². The summed E-state index contributed by atoms with van der Waals surface area (Å²) in [6, 6.07) is 15.1. The highest BCUT2D eigenvalue weighted by Crippen LogP contribution is 2.33. The van der Waals surface area contributed by atoms with Crippen LogP contribution in [0.25, 0.3) is 16.7 Å². The maximum absolute atomic E-state index is 13.4. The minimum Gasteiger partial charge on any atom is -0.312 e. The van der Waals surface area contributed by atoms with Gasteiger partial charge >= 0.3 is 6.18 Å². The summed E-state index contributed by atoms with van der Waals surface area (Å²) < 4.78 is 43.2. The van der Waals surface area contributed by atoms with E-state index < -0.39 is 17.3 Å². The molecule has 1 fully saturated rings. The van der Waals surface area contributed by atoms with E-state index >= 15 is 0 Å². The third kappa shape index (κ3) is 5.15. The zero-order valence-electron chi connectivity index (χ0n) is 21.4. The first kappa shape index (κ1) is 26.0. The topological polar surface area (TPSA) is 88.3 Å². The SMILES string of the molecule is O=C(CN1CCN(Cc2ccccc2)CC1)Nc1nn2c3c1c(=O)ncn3CC=C2c1cccc(C(F)(F)F)c1. The maximum Gasteiger partial charge on any atom is 0.416 e. The molecular weight excluding hydrogens is 523 g/mol. The number of benzene rings is 2. The molecule has 0 atom stereocenters. The van der Waals surface area contributed by atoms with Crippen molar-refractivity contribution < 1.29 is 18.0 Å². The molecule has 12 heteroatoms. The van der Waals surface area contributed by atoms with Crippen LogP contribution in [-0.4, -0.2) is 67.8 Å². The Balaban J connectivity index is 1.20. The van der Waals surface area contributed by atoms with Gasteiger partial charge < -0.3 is 9.88 Å². The van der Waals surface area contributed by atoms with Crippen LogP contribution in [0.5, 0.6) is 0 Å². The standard InChI is InChI=1S/C28H26F3N7O2/c29-28(30,31)21-8-4-7-20(15-21)22-9-10-37-18-32-26(40)24-25(34-38(22)27(24)37)33-23(39)17-36-13-11-35(12-14-36)16-19-5-2-1-3-6-19/h1-9,15,18H,10-14,16-17H2,(H,33,34,39). The molecule has 1 N–H and O–H groups in total. The van der Waals surface area contributed by atoms with Gasteiger partial charge in [-0.15, -0.1) is 5.10 Å². The summed E-state index contributed by atoms with van der Waals surface area (Å²) in [5.41, 5.74) is 0.917. The molecule has 0 aliphatic carbocycles. The molecule has 1 amide bonds. The highest BCUT2D eigenvalue weighted by atomic mass is 19.4. The molecule has 4 heterocycles. The van der Waals surface area contributed by atoms with E-state index in [2.05, 4.69) is 32.4 Å². The number of piperazine rings is 1. The van der Waals surface area contributed by atoms with E-state index in [0.29, 0.717) is 30.0 Å². The molecule has 2 aliphatic rings. The first-order chi connectivity index (χ1) is 19.3. The van der Waals surface area contributed by atoms with E-state index in [4.69, 9.17) is 0 Å². The molecule has 40 heavy (non-hydrogen) atoms. The van der Waals surface area contributed by atoms with Crippen molar-refractivity contribution in [3.63, 3.8) is 0 Å². The monoisotopic (exact) mass is 549 g/mol. The molecule has 0 spiro atoms. The predicted octanol–water partition coefficient (Wildman–Crippen LogP) is 3.27. The molecule has 6 rings (SSSR count). The number of carbonyl (C=O) groups excluding carboxylic acids is 1. The lowest BCUT2D eigenvalue weighted by Gasteiger charge is -2.34. The van der Waals surface area contributed by atoms with Gasteiger partial charge in [0.2, 0.25) is 5.91 Å². The van der Waals surface area contributed by atoms with Crippen LogP contribution >= 0.6 is 0 Å². The number of alkyl halides is 3. The second kappa shape index (κ2) is 10.4. The summed E-state index contributed by atoms with van der Waals surface area (Å²) in [5.74, 6) is -0.295. The van der Waals surface area contributed by atoms with Crippen molar-refractivity contribution in [3.8, 4) is 0 Å². The van der Waals surface area contributed by atoms with Gasteiger partial charge in [-0.1, -0.05) is 42.5 Å². The van der Waals surface area contributed by atoms with Gasteiger partial charge in [-0.2, -0.15) is 18.2 Å². The summed E-state index contributed by atoms with van der Waals surface area (Å²) in [6.45, 7) is 4.32. The molecule has 1 saturated heterocycles. The van der Waals surface area contributed by atoms with Gasteiger partial charge in [-0.25, -0.2) is 4.68 Å². The molecule has 4 aromatic rings. The second-order valence-corrected chi connectivity index (χ2v) is 9.92. The van der Waals surface area contributed by atoms with Crippen molar-refractivity contribution in [1.82, 2.24) is 29.1 Å². The van der Waals surface area contributed by atoms with E-state index in [1.807, 2.05) is 23.1 Å². The van der Waals surface area contributed by atoms with Gasteiger partial charge in [-0.05, 0) is 23.8 Å². The minimum absolute atomic E-state index is 0.0364. The number of nitrogens with one attached hydrogen (secondary N) is 1. The summed E-state index contributed by atoms with van der Waals surface area (Å²) in [7, 11) is 0. The van der Waals surface area contributed by atoms with Crippen LogP contribution in [0.2, 0.25) is 0 Å². The van der Waals surface area contributed by atoms with Gasteiger partial charge in [0.25, 0.3) is 5.56 Å². The molecule has 2 aromatic carbocycles. The van der Waals surface area contributed by atoms with Crippen LogP contribution in [0.3, 0.4) is 0 Å². The van der Waals surface area contributed by atoms with E-state index in [1.54, 1.807) is 16.7 Å². The van der Waals surface area contributed by atoms with Crippen LogP contribution in [0, 0.1) is 0 Å². The van der Waals surface area contributed by atoms with Crippen LogP contribution < -0.4 is 10.9 Å². The summed E-state index contributed by atoms with van der Waals surface area (Å²) >= 11 is 0. The lowest BCUT2D eigenvalue weighted by atomic mass is 10.1. The van der Waals surface area contributed by atoms with E-state index in [9.17, 15) is 22.8 Å². The smallest absolute Gasteiger partial charge is 0.312 e.